The van der Waals surface area contributed by atoms with E-state index in [1.165, 1.54) is 12.1 Å². The zero-order valence-corrected chi connectivity index (χ0v) is 21.0. The molecule has 1 saturated heterocycles. The lowest BCUT2D eigenvalue weighted by molar-refractivity contribution is 0.148. The molecule has 2 heterocycles. The van der Waals surface area contributed by atoms with E-state index in [-0.39, 0.29) is 22.3 Å². The van der Waals surface area contributed by atoms with Crippen LogP contribution >= 0.6 is 0 Å². The number of nitrogens with zero attached hydrogens (tertiary/aromatic N) is 4. The first-order chi connectivity index (χ1) is 17.8. The lowest BCUT2D eigenvalue weighted by atomic mass is 10.1. The topological polar surface area (TPSA) is 111 Å². The first-order valence-corrected chi connectivity index (χ1v) is 13.3. The lowest BCUT2D eigenvalue weighted by Gasteiger charge is -2.32. The van der Waals surface area contributed by atoms with Gasteiger partial charge in [-0.05, 0) is 55.1 Å². The molecule has 0 atom stereocenters. The second-order valence-electron chi connectivity index (χ2n) is 9.01. The highest BCUT2D eigenvalue weighted by atomic mass is 32.2. The van der Waals surface area contributed by atoms with Crippen LogP contribution in [0.1, 0.15) is 5.56 Å². The number of piperazine rings is 1. The summed E-state index contributed by atoms with van der Waals surface area (Å²) < 4.78 is 42.0. The van der Waals surface area contributed by atoms with Gasteiger partial charge in [0.25, 0.3) is 10.0 Å². The van der Waals surface area contributed by atoms with Crippen LogP contribution in [0.3, 0.4) is 0 Å². The third-order valence-electron chi connectivity index (χ3n) is 6.26. The van der Waals surface area contributed by atoms with Crippen molar-refractivity contribution in [3.8, 4) is 5.75 Å². The second kappa shape index (κ2) is 10.3. The van der Waals surface area contributed by atoms with Crippen LogP contribution in [0.15, 0.2) is 71.6 Å². The second-order valence-corrected chi connectivity index (χ2v) is 10.7. The summed E-state index contributed by atoms with van der Waals surface area (Å²) in [6, 6.07) is 16.7. The summed E-state index contributed by atoms with van der Waals surface area (Å²) in [5.41, 5.74) is 2.57. The minimum Gasteiger partial charge on any atom is -0.508 e. The largest absolute Gasteiger partial charge is 0.508 e. The number of anilines is 3. The standard InChI is InChI=1S/C26H27FN6O3S/c1-32-12-14-33(15-13-32)17-18-6-9-20(34)16-24(18)30-25-26(29-23-5-3-2-4-22(23)28-25)31-37(35,36)21-10-7-19(27)8-11-21/h2-11,16,34H,12-15,17H2,1H3,(H,28,30)(H,29,31). The SMILES string of the molecule is CN1CCN(Cc2ccc(O)cc2Nc2nc3ccccc3nc2NS(=O)(=O)c2ccc(F)cc2)CC1. The van der Waals surface area contributed by atoms with Gasteiger partial charge in [0.1, 0.15) is 11.6 Å². The Morgan fingerprint density at radius 3 is 2.24 bits per heavy atom. The molecule has 37 heavy (non-hydrogen) atoms. The van der Waals surface area contributed by atoms with E-state index in [1.807, 2.05) is 12.1 Å². The molecule has 1 aliphatic heterocycles. The van der Waals surface area contributed by atoms with E-state index in [1.54, 1.807) is 30.3 Å². The fourth-order valence-corrected chi connectivity index (χ4v) is 5.16. The van der Waals surface area contributed by atoms with Gasteiger partial charge < -0.3 is 15.3 Å². The van der Waals surface area contributed by atoms with Crippen LogP contribution in [-0.2, 0) is 16.6 Å². The maximum Gasteiger partial charge on any atom is 0.263 e. The molecule has 9 nitrogen and oxygen atoms in total. The predicted octanol–water partition coefficient (Wildman–Crippen LogP) is 3.77. The van der Waals surface area contributed by atoms with Crippen molar-refractivity contribution >= 4 is 38.4 Å². The first-order valence-electron chi connectivity index (χ1n) is 11.8. The van der Waals surface area contributed by atoms with Crippen molar-refractivity contribution in [3.63, 3.8) is 0 Å². The predicted molar refractivity (Wildman–Crippen MR) is 141 cm³/mol. The first kappa shape index (κ1) is 24.9. The highest BCUT2D eigenvalue weighted by Gasteiger charge is 2.21. The monoisotopic (exact) mass is 522 g/mol. The summed E-state index contributed by atoms with van der Waals surface area (Å²) in [6.45, 7) is 4.40. The Morgan fingerprint density at radius 2 is 1.57 bits per heavy atom. The van der Waals surface area contributed by atoms with Gasteiger partial charge in [-0.25, -0.2) is 22.8 Å². The summed E-state index contributed by atoms with van der Waals surface area (Å²) in [7, 11) is -1.99. The lowest BCUT2D eigenvalue weighted by Crippen LogP contribution is -2.43. The molecule has 1 fully saturated rings. The molecule has 3 aromatic carbocycles. The minimum absolute atomic E-state index is 0.0167. The van der Waals surface area contributed by atoms with Crippen LogP contribution in [0.2, 0.25) is 0 Å². The summed E-state index contributed by atoms with van der Waals surface area (Å²) in [5.74, 6) is -0.318. The molecule has 0 amide bonds. The zero-order chi connectivity index (χ0) is 26.0. The van der Waals surface area contributed by atoms with Gasteiger partial charge in [0, 0.05) is 44.5 Å². The van der Waals surface area contributed by atoms with E-state index < -0.39 is 15.8 Å². The Bertz CT molecular complexity index is 1520. The van der Waals surface area contributed by atoms with Crippen molar-refractivity contribution in [3.05, 3.63) is 78.1 Å². The van der Waals surface area contributed by atoms with Crippen molar-refractivity contribution in [2.75, 3.05) is 43.3 Å². The van der Waals surface area contributed by atoms with Crippen molar-refractivity contribution < 1.29 is 17.9 Å². The van der Waals surface area contributed by atoms with Gasteiger partial charge in [0.15, 0.2) is 11.6 Å². The number of phenolic OH excluding ortho intramolecular Hbond substituents is 1. The summed E-state index contributed by atoms with van der Waals surface area (Å²) in [6.07, 6.45) is 0. The molecule has 0 radical (unpaired) electrons. The number of halogens is 1. The van der Waals surface area contributed by atoms with E-state index in [0.29, 0.717) is 23.3 Å². The van der Waals surface area contributed by atoms with Crippen LogP contribution in [-0.4, -0.2) is 66.5 Å². The molecular weight excluding hydrogens is 495 g/mol. The summed E-state index contributed by atoms with van der Waals surface area (Å²) >= 11 is 0. The third kappa shape index (κ3) is 5.79. The van der Waals surface area contributed by atoms with Crippen molar-refractivity contribution in [1.29, 1.82) is 0 Å². The number of phenols is 1. The van der Waals surface area contributed by atoms with Gasteiger partial charge in [0.2, 0.25) is 0 Å². The summed E-state index contributed by atoms with van der Waals surface area (Å²) in [4.78, 5) is 13.6. The van der Waals surface area contributed by atoms with E-state index in [4.69, 9.17) is 0 Å². The molecule has 1 aromatic heterocycles. The highest BCUT2D eigenvalue weighted by molar-refractivity contribution is 7.92. The number of aromatic nitrogens is 2. The third-order valence-corrected chi connectivity index (χ3v) is 7.62. The van der Waals surface area contributed by atoms with E-state index >= 15 is 0 Å². The van der Waals surface area contributed by atoms with Gasteiger partial charge in [-0.1, -0.05) is 18.2 Å². The molecule has 1 aliphatic rings. The number of nitrogens with one attached hydrogen (secondary N) is 2. The number of aromatic hydroxyl groups is 1. The molecule has 5 rings (SSSR count). The van der Waals surface area contributed by atoms with Gasteiger partial charge in [-0.3, -0.25) is 9.62 Å². The van der Waals surface area contributed by atoms with Crippen LogP contribution in [0, 0.1) is 5.82 Å². The molecule has 0 unspecified atom stereocenters. The van der Waals surface area contributed by atoms with Gasteiger partial charge >= 0.3 is 0 Å². The zero-order valence-electron chi connectivity index (χ0n) is 20.2. The molecule has 0 aliphatic carbocycles. The Balaban J connectivity index is 1.51. The average molecular weight is 523 g/mol. The van der Waals surface area contributed by atoms with Crippen LogP contribution < -0.4 is 10.0 Å². The van der Waals surface area contributed by atoms with Crippen molar-refractivity contribution in [2.45, 2.75) is 11.4 Å². The Hall–Kier alpha value is -3.80. The smallest absolute Gasteiger partial charge is 0.263 e. The number of benzene rings is 3. The van der Waals surface area contributed by atoms with Crippen LogP contribution in [0.5, 0.6) is 5.75 Å². The number of rotatable bonds is 7. The van der Waals surface area contributed by atoms with E-state index in [2.05, 4.69) is 36.9 Å². The van der Waals surface area contributed by atoms with E-state index in [0.717, 1.165) is 43.9 Å². The van der Waals surface area contributed by atoms with Crippen molar-refractivity contribution in [1.82, 2.24) is 19.8 Å². The minimum atomic E-state index is -4.08. The van der Waals surface area contributed by atoms with Crippen molar-refractivity contribution in [2.24, 2.45) is 0 Å². The fraction of sp³-hybridized carbons (Fsp3) is 0.231. The normalized spacial score (nSPS) is 15.1. The average Bonchev–Trinajstić information content (AvgIpc) is 2.87. The van der Waals surface area contributed by atoms with Gasteiger partial charge in [0.05, 0.1) is 15.9 Å². The number of hydrogen-bond donors (Lipinski definition) is 3. The van der Waals surface area contributed by atoms with E-state index in [9.17, 15) is 17.9 Å². The fourth-order valence-electron chi connectivity index (χ4n) is 4.15. The maximum absolute atomic E-state index is 13.4. The number of likely N-dealkylation sites (N-methyl/N-ethyl adjacent to an activating group) is 1. The molecule has 4 aromatic rings. The molecule has 0 saturated carbocycles. The molecule has 11 heteroatoms. The number of hydrogen-bond acceptors (Lipinski definition) is 8. The van der Waals surface area contributed by atoms with Gasteiger partial charge in [-0.2, -0.15) is 0 Å². The van der Waals surface area contributed by atoms with Crippen LogP contribution in [0.25, 0.3) is 11.0 Å². The van der Waals surface area contributed by atoms with Gasteiger partial charge in [-0.15, -0.1) is 0 Å². The molecule has 0 spiro atoms. The molecular formula is C26H27FN6O3S. The number of para-hydroxylation sites is 2. The number of fused-ring (bicyclic) bond motifs is 1. The molecule has 3 N–H and O–H groups in total. The Kier molecular flexibility index (Phi) is 6.92. The highest BCUT2D eigenvalue weighted by Crippen LogP contribution is 2.31. The maximum atomic E-state index is 13.4. The Morgan fingerprint density at radius 1 is 0.919 bits per heavy atom. The molecule has 192 valence electrons. The molecule has 0 bridgehead atoms. The van der Waals surface area contributed by atoms with Crippen LogP contribution in [0.4, 0.5) is 21.7 Å². The number of sulfonamides is 1. The quantitative estimate of drug-likeness (QED) is 0.337. The Labute approximate surface area is 214 Å². The summed E-state index contributed by atoms with van der Waals surface area (Å²) in [5, 5.41) is 13.4.